The number of halogens is 3. The number of ether oxygens (including phenoxy) is 2. The van der Waals surface area contributed by atoms with E-state index < -0.39 is 23.1 Å². The van der Waals surface area contributed by atoms with Crippen LogP contribution in [0.4, 0.5) is 4.39 Å². The highest BCUT2D eigenvalue weighted by molar-refractivity contribution is 6.40. The lowest BCUT2D eigenvalue weighted by Crippen LogP contribution is -2.16. The van der Waals surface area contributed by atoms with Gasteiger partial charge in [0.1, 0.15) is 13.2 Å². The van der Waals surface area contributed by atoms with Gasteiger partial charge in [-0.15, -0.1) is 0 Å². The number of aromatic hydroxyl groups is 3. The Morgan fingerprint density at radius 1 is 1.08 bits per heavy atom. The number of primary amides is 1. The van der Waals surface area contributed by atoms with Crippen LogP contribution in [0.15, 0.2) is 12.1 Å². The lowest BCUT2D eigenvalue weighted by Gasteiger charge is -2.23. The molecule has 7 nitrogen and oxygen atoms in total. The van der Waals surface area contributed by atoms with Crippen molar-refractivity contribution < 1.29 is 34.0 Å². The van der Waals surface area contributed by atoms with E-state index in [4.69, 9.17) is 37.5 Å². The lowest BCUT2D eigenvalue weighted by atomic mass is 10.0. The summed E-state index contributed by atoms with van der Waals surface area (Å²) in [5.41, 5.74) is 4.31. The molecule has 5 N–H and O–H groups in total. The fourth-order valence-corrected chi connectivity index (χ4v) is 2.84. The van der Waals surface area contributed by atoms with Gasteiger partial charge in [-0.3, -0.25) is 4.79 Å². The van der Waals surface area contributed by atoms with E-state index in [0.717, 1.165) is 12.1 Å². The van der Waals surface area contributed by atoms with E-state index in [1.54, 1.807) is 0 Å². The Labute approximate surface area is 150 Å². The summed E-state index contributed by atoms with van der Waals surface area (Å²) in [5.74, 6) is -2.86. The van der Waals surface area contributed by atoms with Gasteiger partial charge < -0.3 is 30.5 Å². The van der Waals surface area contributed by atoms with Gasteiger partial charge in [0.2, 0.25) is 12.2 Å². The molecule has 1 heterocycles. The highest BCUT2D eigenvalue weighted by Crippen LogP contribution is 2.52. The number of rotatable bonds is 1. The summed E-state index contributed by atoms with van der Waals surface area (Å²) in [6.45, 7) is 0.329. The molecular formula is C15H12Cl2FNO6. The predicted molar refractivity (Wildman–Crippen MR) is 88.1 cm³/mol. The number of phenols is 3. The monoisotopic (exact) mass is 391 g/mol. The molecule has 1 amide bonds. The van der Waals surface area contributed by atoms with Crippen LogP contribution in [0.1, 0.15) is 0 Å². The van der Waals surface area contributed by atoms with Crippen molar-refractivity contribution in [2.24, 2.45) is 5.73 Å². The van der Waals surface area contributed by atoms with Crippen LogP contribution >= 0.6 is 23.2 Å². The number of benzene rings is 2. The van der Waals surface area contributed by atoms with E-state index >= 15 is 0 Å². The molecule has 2 aromatic carbocycles. The van der Waals surface area contributed by atoms with E-state index in [1.165, 1.54) is 0 Å². The van der Waals surface area contributed by atoms with Crippen LogP contribution in [-0.2, 0) is 4.79 Å². The number of carbonyl (C=O) groups excluding carboxylic acids is 1. The molecule has 0 radical (unpaired) electrons. The van der Waals surface area contributed by atoms with E-state index in [1.807, 2.05) is 0 Å². The standard InChI is InChI=1S/C14H9Cl2FO5.CH3NO/c15-6-4-8(18)12(20)10(16)9(6)5-3-7(17)11(19)14-13(5)21-1-2-22-14;2-1-3/h3-4,18-20H,1-2H2;1H,(H2,2,3). The smallest absolute Gasteiger partial charge is 0.207 e. The van der Waals surface area contributed by atoms with Crippen LogP contribution in [-0.4, -0.2) is 34.9 Å². The Hall–Kier alpha value is -2.58. The quantitative estimate of drug-likeness (QED) is 0.437. The van der Waals surface area contributed by atoms with Crippen LogP contribution in [0.25, 0.3) is 11.1 Å². The van der Waals surface area contributed by atoms with Gasteiger partial charge in [0.05, 0.1) is 10.0 Å². The van der Waals surface area contributed by atoms with Gasteiger partial charge in [0.25, 0.3) is 0 Å². The van der Waals surface area contributed by atoms with Gasteiger partial charge in [-0.2, -0.15) is 0 Å². The molecule has 0 unspecified atom stereocenters. The zero-order valence-electron chi connectivity index (χ0n) is 12.4. The van der Waals surface area contributed by atoms with Gasteiger partial charge in [0, 0.05) is 17.2 Å². The van der Waals surface area contributed by atoms with Crippen LogP contribution < -0.4 is 15.2 Å². The summed E-state index contributed by atoms with van der Waals surface area (Å²) in [6, 6.07) is 2.03. The fraction of sp³-hybridized carbons (Fsp3) is 0.133. The molecule has 0 atom stereocenters. The third-order valence-electron chi connectivity index (χ3n) is 3.18. The topological polar surface area (TPSA) is 122 Å². The zero-order valence-corrected chi connectivity index (χ0v) is 13.9. The number of hydrogen-bond donors (Lipinski definition) is 4. The molecule has 10 heteroatoms. The van der Waals surface area contributed by atoms with E-state index in [0.29, 0.717) is 0 Å². The number of amides is 1. The number of phenolic OH excluding ortho intramolecular Hbond substituents is 3. The minimum Gasteiger partial charge on any atom is -0.504 e. The van der Waals surface area contributed by atoms with E-state index in [9.17, 15) is 19.7 Å². The van der Waals surface area contributed by atoms with Crippen molar-refractivity contribution in [2.45, 2.75) is 0 Å². The molecule has 1 aliphatic rings. The van der Waals surface area contributed by atoms with Gasteiger partial charge in [0.15, 0.2) is 28.8 Å². The highest BCUT2D eigenvalue weighted by Gasteiger charge is 2.28. The zero-order chi connectivity index (χ0) is 18.7. The summed E-state index contributed by atoms with van der Waals surface area (Å²) >= 11 is 12.0. The molecule has 134 valence electrons. The van der Waals surface area contributed by atoms with Gasteiger partial charge in [-0.25, -0.2) is 4.39 Å². The Kier molecular flexibility index (Phi) is 5.66. The molecular weight excluding hydrogens is 380 g/mol. The minimum absolute atomic E-state index is 0.0261. The van der Waals surface area contributed by atoms with Crippen molar-refractivity contribution in [3.8, 4) is 39.9 Å². The molecule has 0 aromatic heterocycles. The average Bonchev–Trinajstić information content (AvgIpc) is 2.58. The Morgan fingerprint density at radius 2 is 1.64 bits per heavy atom. The third-order valence-corrected chi connectivity index (χ3v) is 3.85. The molecule has 0 aliphatic carbocycles. The first-order valence-electron chi connectivity index (χ1n) is 6.70. The average molecular weight is 392 g/mol. The van der Waals surface area contributed by atoms with Crippen molar-refractivity contribution in [3.05, 3.63) is 28.0 Å². The molecule has 0 spiro atoms. The summed E-state index contributed by atoms with van der Waals surface area (Å²) in [6.07, 6.45) is 0.250. The maximum Gasteiger partial charge on any atom is 0.207 e. The lowest BCUT2D eigenvalue weighted by molar-refractivity contribution is -0.106. The van der Waals surface area contributed by atoms with E-state index in [2.05, 4.69) is 5.73 Å². The van der Waals surface area contributed by atoms with Crippen molar-refractivity contribution in [3.63, 3.8) is 0 Å². The second kappa shape index (κ2) is 7.54. The van der Waals surface area contributed by atoms with Crippen molar-refractivity contribution in [1.29, 1.82) is 0 Å². The third kappa shape index (κ3) is 3.45. The van der Waals surface area contributed by atoms with Crippen LogP contribution in [0.5, 0.6) is 28.7 Å². The SMILES string of the molecule is NC=O.Oc1cc(Cl)c(-c2cc(F)c(O)c3c2OCCO3)c(Cl)c1O. The highest BCUT2D eigenvalue weighted by atomic mass is 35.5. The second-order valence-electron chi connectivity index (χ2n) is 4.66. The van der Waals surface area contributed by atoms with Crippen molar-refractivity contribution >= 4 is 29.6 Å². The Balaban J connectivity index is 0.000000701. The Bertz CT molecular complexity index is 831. The Morgan fingerprint density at radius 3 is 2.24 bits per heavy atom. The number of carbonyl (C=O) groups is 1. The van der Waals surface area contributed by atoms with Gasteiger partial charge in [-0.05, 0) is 6.07 Å². The normalized spacial score (nSPS) is 12.1. The summed E-state index contributed by atoms with van der Waals surface area (Å²) in [4.78, 5) is 8.58. The van der Waals surface area contributed by atoms with Crippen LogP contribution in [0.3, 0.4) is 0 Å². The van der Waals surface area contributed by atoms with Gasteiger partial charge in [-0.1, -0.05) is 23.2 Å². The van der Waals surface area contributed by atoms with Crippen LogP contribution in [0, 0.1) is 5.82 Å². The molecule has 3 rings (SSSR count). The summed E-state index contributed by atoms with van der Waals surface area (Å²) < 4.78 is 24.5. The van der Waals surface area contributed by atoms with Crippen molar-refractivity contribution in [1.82, 2.24) is 0 Å². The first kappa shape index (κ1) is 18.8. The molecule has 25 heavy (non-hydrogen) atoms. The second-order valence-corrected chi connectivity index (χ2v) is 5.45. The molecule has 0 fully saturated rings. The number of nitrogens with two attached hydrogens (primary N) is 1. The predicted octanol–water partition coefficient (Wildman–Crippen LogP) is 2.79. The summed E-state index contributed by atoms with van der Waals surface area (Å²) in [7, 11) is 0. The van der Waals surface area contributed by atoms with Crippen molar-refractivity contribution in [2.75, 3.05) is 13.2 Å². The number of fused-ring (bicyclic) bond motifs is 1. The molecule has 2 aromatic rings. The van der Waals surface area contributed by atoms with Crippen LogP contribution in [0.2, 0.25) is 10.0 Å². The number of hydrogen-bond acceptors (Lipinski definition) is 6. The van der Waals surface area contributed by atoms with Gasteiger partial charge >= 0.3 is 0 Å². The maximum absolute atomic E-state index is 13.9. The first-order chi connectivity index (χ1) is 11.8. The molecule has 1 aliphatic heterocycles. The molecule has 0 saturated carbocycles. The summed E-state index contributed by atoms with van der Waals surface area (Å²) in [5, 5.41) is 28.7. The minimum atomic E-state index is -0.959. The fourth-order valence-electron chi connectivity index (χ4n) is 2.19. The largest absolute Gasteiger partial charge is 0.504 e. The molecule has 0 bridgehead atoms. The van der Waals surface area contributed by atoms with E-state index in [-0.39, 0.29) is 52.3 Å². The molecule has 0 saturated heterocycles. The first-order valence-corrected chi connectivity index (χ1v) is 7.45. The maximum atomic E-state index is 13.9.